The summed E-state index contributed by atoms with van der Waals surface area (Å²) in [5.74, 6) is 1.17. The molecule has 0 aromatic carbocycles. The van der Waals surface area contributed by atoms with Crippen LogP contribution in [0.25, 0.3) is 0 Å². The van der Waals surface area contributed by atoms with E-state index >= 15 is 0 Å². The Labute approximate surface area is 96.7 Å². The third-order valence-electron chi connectivity index (χ3n) is 3.07. The minimum Gasteiger partial charge on any atom is -0.362 e. The Hall–Kier alpha value is -0.220. The number of likely N-dealkylation sites (tertiary alicyclic amines) is 1. The predicted molar refractivity (Wildman–Crippen MR) is 67.6 cm³/mol. The van der Waals surface area contributed by atoms with Crippen LogP contribution in [-0.4, -0.2) is 47.5 Å². The molecule has 4 heteroatoms. The second-order valence-corrected chi connectivity index (χ2v) is 5.49. The van der Waals surface area contributed by atoms with Gasteiger partial charge in [-0.05, 0) is 32.9 Å². The van der Waals surface area contributed by atoms with E-state index in [9.17, 15) is 0 Å². The first-order chi connectivity index (χ1) is 7.28. The molecule has 2 atom stereocenters. The largest absolute Gasteiger partial charge is 0.362 e. The monoisotopic (exact) mass is 227 g/mol. The molecule has 2 saturated heterocycles. The Balaban J connectivity index is 1.88. The molecule has 86 valence electrons. The zero-order valence-corrected chi connectivity index (χ0v) is 10.5. The number of hydrogen-bond donors (Lipinski definition) is 1. The van der Waals surface area contributed by atoms with Gasteiger partial charge in [0.05, 0.1) is 6.04 Å². The van der Waals surface area contributed by atoms with Gasteiger partial charge in [0, 0.05) is 18.3 Å². The second-order valence-electron chi connectivity index (χ2n) is 4.48. The van der Waals surface area contributed by atoms with E-state index in [1.165, 1.54) is 36.9 Å². The molecule has 0 radical (unpaired) electrons. The summed E-state index contributed by atoms with van der Waals surface area (Å²) < 4.78 is 0. The summed E-state index contributed by atoms with van der Waals surface area (Å²) in [5.41, 5.74) is 0. The number of likely N-dealkylation sites (N-methyl/N-ethyl adjacent to an activating group) is 1. The predicted octanol–water partition coefficient (Wildman–Crippen LogP) is 1.55. The van der Waals surface area contributed by atoms with Crippen molar-refractivity contribution >= 4 is 16.9 Å². The van der Waals surface area contributed by atoms with Crippen molar-refractivity contribution in [1.29, 1.82) is 0 Å². The van der Waals surface area contributed by atoms with E-state index in [4.69, 9.17) is 4.99 Å². The van der Waals surface area contributed by atoms with Crippen molar-refractivity contribution in [3.8, 4) is 0 Å². The molecule has 0 bridgehead atoms. The highest BCUT2D eigenvalue weighted by atomic mass is 32.2. The number of piperidine rings is 1. The van der Waals surface area contributed by atoms with E-state index in [1.54, 1.807) is 0 Å². The van der Waals surface area contributed by atoms with Gasteiger partial charge in [-0.1, -0.05) is 18.7 Å². The van der Waals surface area contributed by atoms with Crippen molar-refractivity contribution in [1.82, 2.24) is 10.2 Å². The number of rotatable bonds is 2. The fourth-order valence-corrected chi connectivity index (χ4v) is 3.16. The van der Waals surface area contributed by atoms with Crippen molar-refractivity contribution in [3.63, 3.8) is 0 Å². The lowest BCUT2D eigenvalue weighted by atomic mass is 10.1. The number of nitrogens with zero attached hydrogens (tertiary/aromatic N) is 2. The maximum absolute atomic E-state index is 4.81. The molecule has 0 aromatic heterocycles. The smallest absolute Gasteiger partial charge is 0.157 e. The van der Waals surface area contributed by atoms with Crippen LogP contribution < -0.4 is 5.32 Å². The molecule has 0 spiro atoms. The minimum absolute atomic E-state index is 0.527. The lowest BCUT2D eigenvalue weighted by molar-refractivity contribution is 0.220. The summed E-state index contributed by atoms with van der Waals surface area (Å²) in [6.07, 6.45) is 2.56. The van der Waals surface area contributed by atoms with Gasteiger partial charge < -0.3 is 10.2 Å². The van der Waals surface area contributed by atoms with E-state index in [0.717, 1.165) is 6.54 Å². The zero-order valence-electron chi connectivity index (χ0n) is 9.70. The highest BCUT2D eigenvalue weighted by molar-refractivity contribution is 8.14. The number of thioether (sulfide) groups is 1. The molecule has 0 aromatic rings. The molecule has 2 aliphatic rings. The summed E-state index contributed by atoms with van der Waals surface area (Å²) >= 11 is 1.87. The Morgan fingerprint density at radius 3 is 3.13 bits per heavy atom. The van der Waals surface area contributed by atoms with Crippen LogP contribution in [0.1, 0.15) is 26.7 Å². The van der Waals surface area contributed by atoms with Gasteiger partial charge in [-0.2, -0.15) is 0 Å². The van der Waals surface area contributed by atoms with Crippen LogP contribution in [0.3, 0.4) is 0 Å². The molecule has 3 nitrogen and oxygen atoms in total. The number of nitrogens with one attached hydrogen (secondary N) is 1. The van der Waals surface area contributed by atoms with Gasteiger partial charge in [-0.25, -0.2) is 0 Å². The molecule has 0 saturated carbocycles. The molecule has 0 aliphatic carbocycles. The molecular weight excluding hydrogens is 206 g/mol. The average Bonchev–Trinajstić information content (AvgIpc) is 2.64. The number of hydrogen-bond acceptors (Lipinski definition) is 3. The zero-order chi connectivity index (χ0) is 10.7. The van der Waals surface area contributed by atoms with Gasteiger partial charge >= 0.3 is 0 Å². The third kappa shape index (κ3) is 3.11. The highest BCUT2D eigenvalue weighted by Gasteiger charge is 2.21. The summed E-state index contributed by atoms with van der Waals surface area (Å²) in [4.78, 5) is 7.31. The first-order valence-corrected chi connectivity index (χ1v) is 6.96. The van der Waals surface area contributed by atoms with Gasteiger partial charge in [-0.3, -0.25) is 4.99 Å². The van der Waals surface area contributed by atoms with Crippen LogP contribution in [-0.2, 0) is 0 Å². The molecule has 1 N–H and O–H groups in total. The summed E-state index contributed by atoms with van der Waals surface area (Å²) in [5, 5.41) is 4.60. The van der Waals surface area contributed by atoms with E-state index in [0.29, 0.717) is 12.1 Å². The fraction of sp³-hybridized carbons (Fsp3) is 0.909. The standard InChI is InChI=1S/C11H21N3S/c1-3-14-6-4-5-10(7-14)13-11-12-9(2)8-15-11/h9-10H,3-8H2,1-2H3,(H,12,13). The van der Waals surface area contributed by atoms with Crippen LogP contribution >= 0.6 is 11.8 Å². The summed E-state index contributed by atoms with van der Waals surface area (Å²) in [7, 11) is 0. The molecule has 2 fully saturated rings. The molecule has 2 unspecified atom stereocenters. The van der Waals surface area contributed by atoms with Crippen LogP contribution in [0.15, 0.2) is 4.99 Å². The van der Waals surface area contributed by atoms with Crippen molar-refractivity contribution in [2.45, 2.75) is 38.8 Å². The normalized spacial score (nSPS) is 35.7. The molecule has 0 amide bonds. The van der Waals surface area contributed by atoms with Crippen LogP contribution in [0.5, 0.6) is 0 Å². The van der Waals surface area contributed by atoms with Crippen LogP contribution in [0, 0.1) is 0 Å². The SMILES string of the molecule is CCN1CCCC(N=C2NC(C)CS2)C1. The summed E-state index contributed by atoms with van der Waals surface area (Å²) in [6, 6.07) is 1.12. The lowest BCUT2D eigenvalue weighted by Gasteiger charge is -2.29. The molecule has 2 aliphatic heterocycles. The highest BCUT2D eigenvalue weighted by Crippen LogP contribution is 2.18. The van der Waals surface area contributed by atoms with E-state index < -0.39 is 0 Å². The first kappa shape index (κ1) is 11.3. The summed E-state index contributed by atoms with van der Waals surface area (Å²) in [6.45, 7) is 8.03. The van der Waals surface area contributed by atoms with Crippen LogP contribution in [0.2, 0.25) is 0 Å². The fourth-order valence-electron chi connectivity index (χ4n) is 2.16. The van der Waals surface area contributed by atoms with Gasteiger partial charge in [0.2, 0.25) is 0 Å². The Morgan fingerprint density at radius 1 is 1.60 bits per heavy atom. The van der Waals surface area contributed by atoms with E-state index in [2.05, 4.69) is 24.1 Å². The minimum atomic E-state index is 0.527. The molecule has 2 heterocycles. The van der Waals surface area contributed by atoms with Gasteiger partial charge in [0.25, 0.3) is 0 Å². The Bertz CT molecular complexity index is 242. The average molecular weight is 227 g/mol. The molecule has 2 rings (SSSR count). The van der Waals surface area contributed by atoms with Gasteiger partial charge in [0.1, 0.15) is 0 Å². The van der Waals surface area contributed by atoms with Crippen molar-refractivity contribution in [2.24, 2.45) is 4.99 Å². The van der Waals surface area contributed by atoms with Crippen LogP contribution in [0.4, 0.5) is 0 Å². The van der Waals surface area contributed by atoms with Crippen molar-refractivity contribution in [2.75, 3.05) is 25.4 Å². The number of amidine groups is 1. The van der Waals surface area contributed by atoms with Gasteiger partial charge in [-0.15, -0.1) is 0 Å². The molecular formula is C11H21N3S. The maximum Gasteiger partial charge on any atom is 0.157 e. The second kappa shape index (κ2) is 5.21. The molecule has 15 heavy (non-hydrogen) atoms. The quantitative estimate of drug-likeness (QED) is 0.775. The van der Waals surface area contributed by atoms with E-state index in [1.807, 2.05) is 11.8 Å². The maximum atomic E-state index is 4.81. The first-order valence-electron chi connectivity index (χ1n) is 5.97. The topological polar surface area (TPSA) is 27.6 Å². The third-order valence-corrected chi connectivity index (χ3v) is 4.23. The lowest BCUT2D eigenvalue weighted by Crippen LogP contribution is -2.38. The van der Waals surface area contributed by atoms with E-state index in [-0.39, 0.29) is 0 Å². The van der Waals surface area contributed by atoms with Gasteiger partial charge in [0.15, 0.2) is 5.17 Å². The Morgan fingerprint density at radius 2 is 2.47 bits per heavy atom. The van der Waals surface area contributed by atoms with Crippen molar-refractivity contribution in [3.05, 3.63) is 0 Å². The Kier molecular flexibility index (Phi) is 3.92. The number of aliphatic imine (C=N–C) groups is 1. The van der Waals surface area contributed by atoms with Crippen molar-refractivity contribution < 1.29 is 0 Å².